The molecular weight excluding hydrogens is 284 g/mol. The smallest absolute Gasteiger partial charge is 0.0682 e. The van der Waals surface area contributed by atoms with Gasteiger partial charge in [0.1, 0.15) is 0 Å². The quantitative estimate of drug-likeness (QED) is 0.850. The fourth-order valence-corrected chi connectivity index (χ4v) is 1.73. The summed E-state index contributed by atoms with van der Waals surface area (Å²) >= 11 is 6.77. The molecule has 0 bridgehead atoms. The highest BCUT2D eigenvalue weighted by Gasteiger charge is 1.98. The molecule has 1 aromatic rings. The van der Waals surface area contributed by atoms with Gasteiger partial charge in [-0.2, -0.15) is 0 Å². The SMILES string of the molecule is OCc1cc(CBr)cc(CBr)c1. The molecule has 3 heteroatoms. The number of aliphatic hydroxyl groups is 1. The van der Waals surface area contributed by atoms with Crippen molar-refractivity contribution in [3.8, 4) is 0 Å². The molecule has 0 fully saturated rings. The van der Waals surface area contributed by atoms with Crippen LogP contribution in [0.3, 0.4) is 0 Å². The number of hydrogen-bond acceptors (Lipinski definition) is 1. The topological polar surface area (TPSA) is 20.2 Å². The van der Waals surface area contributed by atoms with Gasteiger partial charge in [-0.3, -0.25) is 0 Å². The van der Waals surface area contributed by atoms with Gasteiger partial charge in [0.15, 0.2) is 0 Å². The van der Waals surface area contributed by atoms with Gasteiger partial charge in [-0.15, -0.1) is 0 Å². The van der Waals surface area contributed by atoms with Gasteiger partial charge < -0.3 is 5.11 Å². The van der Waals surface area contributed by atoms with Crippen LogP contribution in [0.5, 0.6) is 0 Å². The van der Waals surface area contributed by atoms with Crippen LogP contribution in [-0.4, -0.2) is 5.11 Å². The molecule has 0 atom stereocenters. The van der Waals surface area contributed by atoms with Crippen LogP contribution < -0.4 is 0 Å². The van der Waals surface area contributed by atoms with Crippen LogP contribution >= 0.6 is 31.9 Å². The minimum atomic E-state index is 0.112. The summed E-state index contributed by atoms with van der Waals surface area (Å²) in [6.45, 7) is 0.112. The highest BCUT2D eigenvalue weighted by Crippen LogP contribution is 2.15. The fourth-order valence-electron chi connectivity index (χ4n) is 1.08. The molecule has 0 heterocycles. The predicted octanol–water partition coefficient (Wildman–Crippen LogP) is 2.97. The third-order valence-electron chi connectivity index (χ3n) is 1.60. The summed E-state index contributed by atoms with van der Waals surface area (Å²) in [7, 11) is 0. The van der Waals surface area contributed by atoms with Crippen LogP contribution in [0.1, 0.15) is 16.7 Å². The Bertz CT molecular complexity index is 205. The summed E-state index contributed by atoms with van der Waals surface area (Å²) in [5, 5.41) is 10.6. The molecule has 0 unspecified atom stereocenters. The van der Waals surface area contributed by atoms with E-state index in [0.29, 0.717) is 0 Å². The van der Waals surface area contributed by atoms with E-state index in [1.165, 1.54) is 11.1 Å². The maximum atomic E-state index is 8.95. The van der Waals surface area contributed by atoms with Crippen molar-refractivity contribution >= 4 is 31.9 Å². The molecule has 1 nitrogen and oxygen atoms in total. The van der Waals surface area contributed by atoms with Crippen LogP contribution in [0.4, 0.5) is 0 Å². The third-order valence-corrected chi connectivity index (χ3v) is 2.90. The lowest BCUT2D eigenvalue weighted by molar-refractivity contribution is 0.281. The van der Waals surface area contributed by atoms with E-state index in [-0.39, 0.29) is 6.61 Å². The Labute approximate surface area is 89.1 Å². The largest absolute Gasteiger partial charge is 0.392 e. The van der Waals surface area contributed by atoms with Crippen LogP contribution in [0.2, 0.25) is 0 Å². The van der Waals surface area contributed by atoms with E-state index >= 15 is 0 Å². The van der Waals surface area contributed by atoms with E-state index < -0.39 is 0 Å². The fraction of sp³-hybridized carbons (Fsp3) is 0.333. The lowest BCUT2D eigenvalue weighted by Gasteiger charge is -2.03. The lowest BCUT2D eigenvalue weighted by atomic mass is 10.1. The van der Waals surface area contributed by atoms with Crippen molar-refractivity contribution in [1.82, 2.24) is 0 Å². The molecule has 0 aliphatic rings. The van der Waals surface area contributed by atoms with Crippen molar-refractivity contribution in [2.75, 3.05) is 0 Å². The molecule has 66 valence electrons. The van der Waals surface area contributed by atoms with Gasteiger partial charge in [-0.25, -0.2) is 0 Å². The number of aliphatic hydroxyl groups excluding tert-OH is 1. The normalized spacial score (nSPS) is 10.2. The summed E-state index contributed by atoms with van der Waals surface area (Å²) < 4.78 is 0. The van der Waals surface area contributed by atoms with Crippen LogP contribution in [0, 0.1) is 0 Å². The van der Waals surface area contributed by atoms with Crippen molar-refractivity contribution in [1.29, 1.82) is 0 Å². The van der Waals surface area contributed by atoms with Gasteiger partial charge in [-0.05, 0) is 16.7 Å². The molecule has 12 heavy (non-hydrogen) atoms. The van der Waals surface area contributed by atoms with Gasteiger partial charge >= 0.3 is 0 Å². The average Bonchev–Trinajstić information content (AvgIpc) is 2.16. The summed E-state index contributed by atoms with van der Waals surface area (Å²) in [5.41, 5.74) is 3.38. The van der Waals surface area contributed by atoms with Crippen molar-refractivity contribution in [3.63, 3.8) is 0 Å². The zero-order valence-electron chi connectivity index (χ0n) is 6.56. The Hall–Kier alpha value is 0.140. The minimum Gasteiger partial charge on any atom is -0.392 e. The van der Waals surface area contributed by atoms with Crippen molar-refractivity contribution in [3.05, 3.63) is 34.9 Å². The number of rotatable bonds is 3. The number of alkyl halides is 2. The molecule has 1 N–H and O–H groups in total. The first-order chi connectivity index (χ1) is 5.80. The second kappa shape index (κ2) is 5.00. The molecule has 0 saturated heterocycles. The zero-order chi connectivity index (χ0) is 8.97. The predicted molar refractivity (Wildman–Crippen MR) is 57.6 cm³/mol. The molecule has 0 radical (unpaired) electrons. The summed E-state index contributed by atoms with van der Waals surface area (Å²) in [4.78, 5) is 0. The first-order valence-electron chi connectivity index (χ1n) is 3.64. The van der Waals surface area contributed by atoms with Crippen LogP contribution in [0.25, 0.3) is 0 Å². The van der Waals surface area contributed by atoms with Gasteiger partial charge in [0.25, 0.3) is 0 Å². The van der Waals surface area contributed by atoms with E-state index in [1.807, 2.05) is 12.1 Å². The molecular formula is C9H10Br2O. The molecule has 0 aromatic heterocycles. The van der Waals surface area contributed by atoms with Crippen molar-refractivity contribution < 1.29 is 5.11 Å². The highest BCUT2D eigenvalue weighted by molar-refractivity contribution is 9.08. The molecule has 1 rings (SSSR count). The number of benzene rings is 1. The van der Waals surface area contributed by atoms with Gasteiger partial charge in [0.2, 0.25) is 0 Å². The summed E-state index contributed by atoms with van der Waals surface area (Å²) in [5.74, 6) is 0. The van der Waals surface area contributed by atoms with Crippen LogP contribution in [-0.2, 0) is 17.3 Å². The monoisotopic (exact) mass is 292 g/mol. The molecule has 0 amide bonds. The summed E-state index contributed by atoms with van der Waals surface area (Å²) in [6.07, 6.45) is 0. The van der Waals surface area contributed by atoms with Crippen LogP contribution in [0.15, 0.2) is 18.2 Å². The standard InChI is InChI=1S/C9H10Br2O/c10-4-7-1-8(5-11)3-9(2-7)6-12/h1-3,12H,4-6H2. The molecule has 0 aliphatic carbocycles. The van der Waals surface area contributed by atoms with E-state index in [0.717, 1.165) is 16.2 Å². The van der Waals surface area contributed by atoms with Gasteiger partial charge in [0.05, 0.1) is 6.61 Å². The van der Waals surface area contributed by atoms with Crippen molar-refractivity contribution in [2.24, 2.45) is 0 Å². The van der Waals surface area contributed by atoms with Gasteiger partial charge in [0, 0.05) is 10.7 Å². The second-order valence-corrected chi connectivity index (χ2v) is 3.70. The van der Waals surface area contributed by atoms with Gasteiger partial charge in [-0.1, -0.05) is 50.1 Å². The average molecular weight is 294 g/mol. The minimum absolute atomic E-state index is 0.112. The molecule has 0 spiro atoms. The van der Waals surface area contributed by atoms with E-state index in [9.17, 15) is 0 Å². The Morgan fingerprint density at radius 1 is 0.917 bits per heavy atom. The van der Waals surface area contributed by atoms with E-state index in [1.54, 1.807) is 0 Å². The number of hydrogen-bond donors (Lipinski definition) is 1. The molecule has 0 aliphatic heterocycles. The maximum absolute atomic E-state index is 8.95. The first kappa shape index (κ1) is 10.2. The van der Waals surface area contributed by atoms with E-state index in [2.05, 4.69) is 37.9 Å². The number of halogens is 2. The highest BCUT2D eigenvalue weighted by atomic mass is 79.9. The first-order valence-corrected chi connectivity index (χ1v) is 5.89. The molecule has 0 saturated carbocycles. The molecule has 1 aromatic carbocycles. The van der Waals surface area contributed by atoms with Crippen molar-refractivity contribution in [2.45, 2.75) is 17.3 Å². The Morgan fingerprint density at radius 3 is 1.67 bits per heavy atom. The Morgan fingerprint density at radius 2 is 1.33 bits per heavy atom. The van der Waals surface area contributed by atoms with E-state index in [4.69, 9.17) is 5.11 Å². The second-order valence-electron chi connectivity index (χ2n) is 2.58. The summed E-state index contributed by atoms with van der Waals surface area (Å²) in [6, 6.07) is 6.12. The third kappa shape index (κ3) is 2.57. The maximum Gasteiger partial charge on any atom is 0.0682 e. The lowest BCUT2D eigenvalue weighted by Crippen LogP contribution is -1.89. The Balaban J connectivity index is 3.01. The Kier molecular flexibility index (Phi) is 4.26. The zero-order valence-corrected chi connectivity index (χ0v) is 9.73.